The van der Waals surface area contributed by atoms with Gasteiger partial charge in [-0.2, -0.15) is 15.0 Å². The smallest absolute Gasteiger partial charge is 0.230 e. The van der Waals surface area contributed by atoms with Crippen LogP contribution in [0.3, 0.4) is 0 Å². The first-order valence-electron chi connectivity index (χ1n) is 12.6. The Balaban J connectivity index is 1.33. The first-order chi connectivity index (χ1) is 18.2. The number of hydrogen-bond donors (Lipinski definition) is 2. The van der Waals surface area contributed by atoms with Gasteiger partial charge in [0.05, 0.1) is 41.6 Å². The van der Waals surface area contributed by atoms with Crippen LogP contribution in [0.2, 0.25) is 0 Å². The monoisotopic (exact) mass is 512 g/mol. The summed E-state index contributed by atoms with van der Waals surface area (Å²) in [7, 11) is 0. The second-order valence-electron chi connectivity index (χ2n) is 10.8. The first-order valence-corrected chi connectivity index (χ1v) is 12.6. The minimum Gasteiger partial charge on any atom is -0.389 e. The van der Waals surface area contributed by atoms with Gasteiger partial charge in [0, 0.05) is 47.7 Å². The number of anilines is 1. The van der Waals surface area contributed by atoms with Gasteiger partial charge in [-0.25, -0.2) is 14.6 Å². The molecule has 4 aromatic rings. The highest BCUT2D eigenvalue weighted by molar-refractivity contribution is 5.90. The third-order valence-electron chi connectivity index (χ3n) is 7.48. The topological polar surface area (TPSA) is 151 Å². The lowest BCUT2D eigenvalue weighted by Gasteiger charge is -2.58. The van der Waals surface area contributed by atoms with E-state index in [1.807, 2.05) is 40.0 Å². The maximum atomic E-state index is 12.4. The van der Waals surface area contributed by atoms with E-state index >= 15 is 0 Å². The van der Waals surface area contributed by atoms with Crippen LogP contribution in [-0.4, -0.2) is 75.4 Å². The molecule has 6 heterocycles. The van der Waals surface area contributed by atoms with E-state index in [1.165, 1.54) is 6.20 Å². The van der Waals surface area contributed by atoms with Crippen molar-refractivity contribution < 1.29 is 9.90 Å². The number of hydrogen-bond acceptors (Lipinski definition) is 9. The van der Waals surface area contributed by atoms with Gasteiger partial charge in [-0.1, -0.05) is 5.21 Å². The van der Waals surface area contributed by atoms with Crippen molar-refractivity contribution in [2.75, 3.05) is 11.9 Å². The molecule has 1 amide bonds. The fourth-order valence-corrected chi connectivity index (χ4v) is 5.65. The standard InChI is InChI=1S/C26H28N10O2/c1-14(2)31-18-8-21(36-24-16(11-30-36)7-15(9-27)10-29-24)28-12-17(18)19-13-35(33-32-19)20-5-6-34-23(22(20)37)26(3,4)25(34)38/h7-8,10-14,20,22-23,37H,5-6H2,1-4H3,(H,28,31). The van der Waals surface area contributed by atoms with E-state index in [1.54, 1.807) is 32.7 Å². The molecule has 0 aliphatic carbocycles. The van der Waals surface area contributed by atoms with E-state index < -0.39 is 11.5 Å². The Hall–Kier alpha value is -4.37. The highest BCUT2D eigenvalue weighted by Gasteiger charge is 2.60. The summed E-state index contributed by atoms with van der Waals surface area (Å²) in [6.45, 7) is 8.43. The summed E-state index contributed by atoms with van der Waals surface area (Å²) < 4.78 is 3.34. The SMILES string of the molecule is CC(C)Nc1cc(-n2ncc3cc(C#N)cnc32)ncc1-c1cn(C2CCN3C(=O)C(C)(C)C3C2O)nn1. The predicted octanol–water partition coefficient (Wildman–Crippen LogP) is 2.31. The Morgan fingerprint density at radius 2 is 2.03 bits per heavy atom. The molecule has 0 radical (unpaired) electrons. The molecule has 0 aromatic carbocycles. The number of nitrogens with one attached hydrogen (secondary N) is 1. The lowest BCUT2D eigenvalue weighted by Crippen LogP contribution is -2.73. The molecule has 0 saturated carbocycles. The summed E-state index contributed by atoms with van der Waals surface area (Å²) in [6.07, 6.45) is 6.59. The second kappa shape index (κ2) is 8.59. The van der Waals surface area contributed by atoms with Crippen LogP contribution in [-0.2, 0) is 4.79 Å². The Morgan fingerprint density at radius 3 is 2.79 bits per heavy atom. The number of fused-ring (bicyclic) bond motifs is 2. The van der Waals surface area contributed by atoms with Gasteiger partial charge in [0.15, 0.2) is 11.5 Å². The van der Waals surface area contributed by atoms with E-state index in [4.69, 9.17) is 5.26 Å². The maximum Gasteiger partial charge on any atom is 0.230 e. The number of β-lactam (4-membered cyclic amide) rings is 1. The third-order valence-corrected chi connectivity index (χ3v) is 7.48. The number of nitrogens with zero attached hydrogens (tertiary/aromatic N) is 9. The van der Waals surface area contributed by atoms with Crippen molar-refractivity contribution in [2.24, 2.45) is 5.41 Å². The van der Waals surface area contributed by atoms with Crippen LogP contribution in [0.4, 0.5) is 5.69 Å². The van der Waals surface area contributed by atoms with Gasteiger partial charge in [0.25, 0.3) is 0 Å². The third kappa shape index (κ3) is 3.61. The highest BCUT2D eigenvalue weighted by Crippen LogP contribution is 2.46. The van der Waals surface area contributed by atoms with Gasteiger partial charge >= 0.3 is 0 Å². The maximum absolute atomic E-state index is 12.4. The van der Waals surface area contributed by atoms with Crippen molar-refractivity contribution >= 4 is 22.6 Å². The minimum absolute atomic E-state index is 0.0838. The zero-order valence-corrected chi connectivity index (χ0v) is 21.6. The molecule has 12 nitrogen and oxygen atoms in total. The van der Waals surface area contributed by atoms with Crippen molar-refractivity contribution in [2.45, 2.75) is 58.3 Å². The molecule has 2 aliphatic heterocycles. The number of amides is 1. The van der Waals surface area contributed by atoms with Crippen LogP contribution in [0.25, 0.3) is 28.1 Å². The number of carbonyl (C=O) groups is 1. The number of aliphatic hydroxyl groups excluding tert-OH is 1. The van der Waals surface area contributed by atoms with Crippen LogP contribution in [0.15, 0.2) is 36.9 Å². The number of aromatic nitrogens is 7. The molecule has 12 heteroatoms. The molecule has 38 heavy (non-hydrogen) atoms. The summed E-state index contributed by atoms with van der Waals surface area (Å²) in [5, 5.41) is 37.7. The fourth-order valence-electron chi connectivity index (χ4n) is 5.65. The number of rotatable bonds is 5. The number of pyridine rings is 2. The first kappa shape index (κ1) is 24.0. The molecular formula is C26H28N10O2. The molecule has 2 fully saturated rings. The van der Waals surface area contributed by atoms with Crippen LogP contribution in [0.1, 0.15) is 45.7 Å². The molecule has 2 aliphatic rings. The average molecular weight is 513 g/mol. The molecule has 2 saturated heterocycles. The summed E-state index contributed by atoms with van der Waals surface area (Å²) in [5.41, 5.74) is 2.66. The molecule has 0 spiro atoms. The lowest BCUT2D eigenvalue weighted by molar-refractivity contribution is -0.190. The van der Waals surface area contributed by atoms with Gasteiger partial charge in [0.1, 0.15) is 11.8 Å². The fraction of sp³-hybridized carbons (Fsp3) is 0.423. The average Bonchev–Trinajstić information content (AvgIpc) is 3.55. The van der Waals surface area contributed by atoms with Crippen molar-refractivity contribution in [1.82, 2.24) is 39.6 Å². The van der Waals surface area contributed by atoms with E-state index in [9.17, 15) is 9.90 Å². The quantitative estimate of drug-likeness (QED) is 0.384. The molecule has 6 rings (SSSR count). The summed E-state index contributed by atoms with van der Waals surface area (Å²) in [6, 6.07) is 5.34. The van der Waals surface area contributed by atoms with Crippen molar-refractivity contribution in [1.29, 1.82) is 5.26 Å². The summed E-state index contributed by atoms with van der Waals surface area (Å²) >= 11 is 0. The molecule has 3 unspecified atom stereocenters. The molecule has 2 N–H and O–H groups in total. The molecule has 4 aromatic heterocycles. The van der Waals surface area contributed by atoms with Crippen LogP contribution in [0, 0.1) is 16.7 Å². The number of carbonyl (C=O) groups excluding carboxylic acids is 1. The largest absolute Gasteiger partial charge is 0.389 e. The Labute approximate surface area is 218 Å². The van der Waals surface area contributed by atoms with Gasteiger partial charge in [-0.05, 0) is 40.2 Å². The number of nitriles is 1. The summed E-state index contributed by atoms with van der Waals surface area (Å²) in [5.74, 6) is 0.650. The van der Waals surface area contributed by atoms with Crippen LogP contribution >= 0.6 is 0 Å². The molecule has 0 bridgehead atoms. The predicted molar refractivity (Wildman–Crippen MR) is 138 cm³/mol. The Morgan fingerprint density at radius 1 is 1.21 bits per heavy atom. The van der Waals surface area contributed by atoms with Crippen LogP contribution in [0.5, 0.6) is 0 Å². The van der Waals surface area contributed by atoms with Crippen molar-refractivity contribution in [3.8, 4) is 23.1 Å². The van der Waals surface area contributed by atoms with E-state index in [2.05, 4.69) is 36.8 Å². The minimum atomic E-state index is -0.734. The molecule has 194 valence electrons. The zero-order chi connectivity index (χ0) is 26.8. The van der Waals surface area contributed by atoms with Gasteiger partial charge < -0.3 is 15.3 Å². The summed E-state index contributed by atoms with van der Waals surface area (Å²) in [4.78, 5) is 23.2. The van der Waals surface area contributed by atoms with Crippen molar-refractivity contribution in [3.05, 3.63) is 42.5 Å². The Kier molecular flexibility index (Phi) is 5.43. The van der Waals surface area contributed by atoms with Crippen LogP contribution < -0.4 is 5.32 Å². The van der Waals surface area contributed by atoms with E-state index in [0.717, 1.165) is 16.6 Å². The van der Waals surface area contributed by atoms with Crippen molar-refractivity contribution in [3.63, 3.8) is 0 Å². The molecular weight excluding hydrogens is 484 g/mol. The number of aliphatic hydroxyl groups is 1. The van der Waals surface area contributed by atoms with Gasteiger partial charge in [-0.15, -0.1) is 5.10 Å². The Bertz CT molecular complexity index is 1600. The number of piperidine rings is 1. The normalized spacial score (nSPS) is 22.3. The van der Waals surface area contributed by atoms with Gasteiger partial charge in [-0.3, -0.25) is 4.79 Å². The lowest BCUT2D eigenvalue weighted by atomic mass is 9.67. The van der Waals surface area contributed by atoms with E-state index in [-0.39, 0.29) is 24.0 Å². The highest BCUT2D eigenvalue weighted by atomic mass is 16.3. The van der Waals surface area contributed by atoms with E-state index in [0.29, 0.717) is 35.7 Å². The van der Waals surface area contributed by atoms with Gasteiger partial charge in [0.2, 0.25) is 5.91 Å². The zero-order valence-electron chi connectivity index (χ0n) is 21.6. The second-order valence-corrected chi connectivity index (χ2v) is 10.8. The molecule has 3 atom stereocenters.